The Morgan fingerprint density at radius 2 is 1.75 bits per heavy atom. The number of methoxy groups -OCH3 is 1. The molecule has 7 nitrogen and oxygen atoms in total. The van der Waals surface area contributed by atoms with E-state index in [9.17, 15) is 0 Å². The van der Waals surface area contributed by atoms with E-state index in [4.69, 9.17) is 24.5 Å². The Bertz CT molecular complexity index is 632. The highest BCUT2D eigenvalue weighted by molar-refractivity contribution is 6.26. The van der Waals surface area contributed by atoms with Crippen LogP contribution in [0.25, 0.3) is 0 Å². The fourth-order valence-corrected chi connectivity index (χ4v) is 1.88. The Morgan fingerprint density at radius 3 is 2.21 bits per heavy atom. The van der Waals surface area contributed by atoms with Crippen LogP contribution in [0.15, 0.2) is 48.8 Å². The number of carbonyl (C=O) groups excluding carboxylic acids is 1. The van der Waals surface area contributed by atoms with E-state index in [1.807, 2.05) is 24.5 Å². The van der Waals surface area contributed by atoms with Crippen molar-refractivity contribution in [1.82, 2.24) is 4.98 Å². The molecule has 0 amide bonds. The van der Waals surface area contributed by atoms with Crippen LogP contribution in [0.2, 0.25) is 0 Å². The number of hydrogen-bond acceptors (Lipinski definition) is 5. The van der Waals surface area contributed by atoms with Gasteiger partial charge in [0, 0.05) is 23.5 Å². The molecule has 1 aromatic heterocycles. The van der Waals surface area contributed by atoms with Gasteiger partial charge in [0.05, 0.1) is 7.11 Å². The average molecular weight is 332 g/mol. The Morgan fingerprint density at radius 1 is 1.21 bits per heavy atom. The van der Waals surface area contributed by atoms with Crippen LogP contribution in [0.4, 0.5) is 0 Å². The molecule has 1 aromatic carbocycles. The summed E-state index contributed by atoms with van der Waals surface area (Å²) in [6.45, 7) is 3.18. The maximum atomic E-state index is 9.04. The van der Waals surface area contributed by atoms with Crippen LogP contribution in [0.3, 0.4) is 0 Å². The zero-order valence-electron chi connectivity index (χ0n) is 13.5. The summed E-state index contributed by atoms with van der Waals surface area (Å²) in [4.78, 5) is 22.0. The number of nitrogens with two attached hydrogens (primary N) is 1. The Hall–Kier alpha value is -2.93. The predicted molar refractivity (Wildman–Crippen MR) is 83.9 cm³/mol. The highest BCUT2D eigenvalue weighted by atomic mass is 16.5. The van der Waals surface area contributed by atoms with E-state index >= 15 is 0 Å². The van der Waals surface area contributed by atoms with Crippen molar-refractivity contribution in [3.8, 4) is 5.75 Å². The van der Waals surface area contributed by atoms with Gasteiger partial charge in [-0.15, -0.1) is 0 Å². The molecule has 0 aliphatic carbocycles. The average Bonchev–Trinajstić information content (AvgIpc) is 2.61. The number of aliphatic carboxylic acids is 2. The number of rotatable bonds is 5. The van der Waals surface area contributed by atoms with Gasteiger partial charge in [-0.3, -0.25) is 4.98 Å². The van der Waals surface area contributed by atoms with Gasteiger partial charge >= 0.3 is 5.97 Å². The summed E-state index contributed by atoms with van der Waals surface area (Å²) in [5.41, 5.74) is 2.61. The van der Waals surface area contributed by atoms with Gasteiger partial charge in [-0.25, -0.2) is 4.79 Å². The third kappa shape index (κ3) is 6.89. The number of carboxylic acids is 2. The molecule has 1 heterocycles. The molecule has 0 aliphatic heterocycles. The molecule has 0 saturated heterocycles. The second-order valence-electron chi connectivity index (χ2n) is 4.95. The van der Waals surface area contributed by atoms with Crippen molar-refractivity contribution in [2.45, 2.75) is 19.5 Å². The first-order valence-electron chi connectivity index (χ1n) is 7.24. The van der Waals surface area contributed by atoms with E-state index in [1.165, 1.54) is 11.1 Å². The summed E-state index contributed by atoms with van der Waals surface area (Å²) in [7, 11) is 1.69. The molecular formula is C17H20N2O5. The molecule has 0 bridgehead atoms. The third-order valence-corrected chi connectivity index (χ3v) is 3.27. The summed E-state index contributed by atoms with van der Waals surface area (Å²) in [6, 6.07) is 12.8. The number of pyridine rings is 1. The maximum Gasteiger partial charge on any atom is 0.351 e. The van der Waals surface area contributed by atoms with Crippen LogP contribution in [-0.2, 0) is 16.1 Å². The monoisotopic (exact) mass is 332 g/mol. The van der Waals surface area contributed by atoms with Gasteiger partial charge in [-0.1, -0.05) is 0 Å². The fraction of sp³-hybridized carbons (Fsp3) is 0.235. The number of ether oxygens (including phenoxy) is 1. The van der Waals surface area contributed by atoms with Crippen LogP contribution >= 0.6 is 0 Å². The molecule has 24 heavy (non-hydrogen) atoms. The van der Waals surface area contributed by atoms with Gasteiger partial charge in [0.2, 0.25) is 0 Å². The second kappa shape index (κ2) is 9.96. The number of carbonyl (C=O) groups is 2. The molecule has 0 aliphatic rings. The zero-order valence-corrected chi connectivity index (χ0v) is 13.5. The third-order valence-electron chi connectivity index (χ3n) is 3.27. The molecule has 1 unspecified atom stereocenters. The van der Waals surface area contributed by atoms with Gasteiger partial charge in [-0.05, 0) is 43.3 Å². The van der Waals surface area contributed by atoms with Crippen LogP contribution < -0.4 is 15.2 Å². The molecule has 0 saturated carbocycles. The predicted octanol–water partition coefficient (Wildman–Crippen LogP) is -0.264. The lowest BCUT2D eigenvalue weighted by Gasteiger charge is -2.11. The van der Waals surface area contributed by atoms with Crippen LogP contribution in [-0.4, -0.2) is 29.1 Å². The molecule has 128 valence electrons. The number of benzene rings is 1. The van der Waals surface area contributed by atoms with E-state index < -0.39 is 11.9 Å². The van der Waals surface area contributed by atoms with E-state index in [0.717, 1.165) is 12.3 Å². The van der Waals surface area contributed by atoms with Crippen molar-refractivity contribution in [1.29, 1.82) is 0 Å². The minimum Gasteiger partial charge on any atom is -0.539 e. The van der Waals surface area contributed by atoms with Gasteiger partial charge in [-0.2, -0.15) is 0 Å². The van der Waals surface area contributed by atoms with E-state index in [1.54, 1.807) is 7.11 Å². The topological polar surface area (TPSA) is 116 Å². The molecule has 7 heteroatoms. The number of quaternary nitrogens is 1. The standard InChI is InChI=1S/C15H18N2O.C2H2O4/c1-12(14-3-5-15(18-2)6-4-14)17-11-13-7-9-16-10-8-13;3-1(4)2(5)6/h3-10,12,17H,11H2,1-2H3;(H,3,4)(H,5,6). The lowest BCUT2D eigenvalue weighted by Crippen LogP contribution is -2.83. The largest absolute Gasteiger partial charge is 0.539 e. The highest BCUT2D eigenvalue weighted by Crippen LogP contribution is 2.14. The SMILES string of the molecule is COc1ccc(C(C)[NH2+]Cc2ccncc2)cc1.O=C([O-])C(=O)O. The summed E-state index contributed by atoms with van der Waals surface area (Å²) in [5, 5.41) is 18.6. The molecule has 2 rings (SSSR count). The highest BCUT2D eigenvalue weighted by Gasteiger charge is 2.08. The van der Waals surface area contributed by atoms with Crippen molar-refractivity contribution in [3.05, 3.63) is 59.9 Å². The van der Waals surface area contributed by atoms with Gasteiger partial charge in [0.1, 0.15) is 18.3 Å². The normalized spacial score (nSPS) is 10.9. The van der Waals surface area contributed by atoms with Crippen molar-refractivity contribution < 1.29 is 29.9 Å². The number of carboxylic acid groups (broad SMARTS) is 2. The van der Waals surface area contributed by atoms with E-state index in [-0.39, 0.29) is 0 Å². The lowest BCUT2D eigenvalue weighted by atomic mass is 10.1. The molecule has 2 aromatic rings. The smallest absolute Gasteiger partial charge is 0.351 e. The number of nitrogens with zero attached hydrogens (tertiary/aromatic N) is 1. The van der Waals surface area contributed by atoms with E-state index in [0.29, 0.717) is 6.04 Å². The molecule has 1 atom stereocenters. The first-order valence-corrected chi connectivity index (χ1v) is 7.24. The fourth-order valence-electron chi connectivity index (χ4n) is 1.88. The molecule has 0 radical (unpaired) electrons. The maximum absolute atomic E-state index is 9.04. The number of hydrogen-bond donors (Lipinski definition) is 2. The summed E-state index contributed by atoms with van der Waals surface area (Å²) < 4.78 is 5.16. The lowest BCUT2D eigenvalue weighted by molar-refractivity contribution is -0.707. The van der Waals surface area contributed by atoms with Gasteiger partial charge < -0.3 is 25.1 Å². The van der Waals surface area contributed by atoms with Crippen LogP contribution in [0, 0.1) is 0 Å². The molecular weight excluding hydrogens is 312 g/mol. The quantitative estimate of drug-likeness (QED) is 0.729. The van der Waals surface area contributed by atoms with Crippen molar-refractivity contribution >= 4 is 11.9 Å². The summed E-state index contributed by atoms with van der Waals surface area (Å²) in [6.07, 6.45) is 3.67. The molecule has 0 fully saturated rings. The molecule has 3 N–H and O–H groups in total. The van der Waals surface area contributed by atoms with Crippen molar-refractivity contribution in [2.75, 3.05) is 7.11 Å². The Balaban J connectivity index is 0.000000413. The van der Waals surface area contributed by atoms with Crippen molar-refractivity contribution in [2.24, 2.45) is 0 Å². The first-order chi connectivity index (χ1) is 11.4. The first kappa shape index (κ1) is 19.1. The summed E-state index contributed by atoms with van der Waals surface area (Å²) in [5.74, 6) is -3.11. The van der Waals surface area contributed by atoms with Crippen LogP contribution in [0.5, 0.6) is 5.75 Å². The van der Waals surface area contributed by atoms with Crippen LogP contribution in [0.1, 0.15) is 24.1 Å². The van der Waals surface area contributed by atoms with E-state index in [2.05, 4.69) is 41.5 Å². The van der Waals surface area contributed by atoms with Crippen molar-refractivity contribution in [3.63, 3.8) is 0 Å². The number of aromatic nitrogens is 1. The molecule has 0 spiro atoms. The summed E-state index contributed by atoms with van der Waals surface area (Å²) >= 11 is 0. The minimum absolute atomic E-state index is 0.434. The second-order valence-corrected chi connectivity index (χ2v) is 4.95. The Kier molecular flexibility index (Phi) is 7.93. The zero-order chi connectivity index (χ0) is 17.9. The van der Waals surface area contributed by atoms with Gasteiger partial charge in [0.25, 0.3) is 0 Å². The minimum atomic E-state index is -2.07. The van der Waals surface area contributed by atoms with Gasteiger partial charge in [0.15, 0.2) is 5.97 Å². The Labute approximate surface area is 139 Å².